The predicted octanol–water partition coefficient (Wildman–Crippen LogP) is 2.47. The summed E-state index contributed by atoms with van der Waals surface area (Å²) in [4.78, 5) is 4.92. The van der Waals surface area contributed by atoms with Crippen LogP contribution in [0.25, 0.3) is 0 Å². The van der Waals surface area contributed by atoms with E-state index in [1.165, 1.54) is 25.1 Å². The van der Waals surface area contributed by atoms with Crippen molar-refractivity contribution in [2.45, 2.75) is 40.3 Å². The van der Waals surface area contributed by atoms with Crippen LogP contribution in [0.3, 0.4) is 0 Å². The van der Waals surface area contributed by atoms with Crippen molar-refractivity contribution < 1.29 is 4.42 Å². The molecule has 2 heterocycles. The number of aryl methyl sites for hydroxylation is 1. The lowest BCUT2D eigenvalue weighted by atomic mass is 10.2. The zero-order valence-corrected chi connectivity index (χ0v) is 14.1. The van der Waals surface area contributed by atoms with Crippen molar-refractivity contribution in [3.8, 4) is 0 Å². The highest BCUT2D eigenvalue weighted by molar-refractivity contribution is 5.20. The molecule has 1 aliphatic heterocycles. The first kappa shape index (κ1) is 16.5. The van der Waals surface area contributed by atoms with Gasteiger partial charge in [0.2, 0.25) is 0 Å². The van der Waals surface area contributed by atoms with Crippen LogP contribution in [0.1, 0.15) is 37.4 Å². The van der Waals surface area contributed by atoms with E-state index in [4.69, 9.17) is 4.42 Å². The van der Waals surface area contributed by atoms with Crippen LogP contribution in [-0.4, -0.2) is 49.6 Å². The Bertz CT molecular complexity index is 428. The third-order valence-electron chi connectivity index (χ3n) is 4.10. The van der Waals surface area contributed by atoms with Crippen molar-refractivity contribution in [3.63, 3.8) is 0 Å². The molecule has 2 rings (SSSR count). The summed E-state index contributed by atoms with van der Waals surface area (Å²) in [6, 6.07) is 2.21. The van der Waals surface area contributed by atoms with Gasteiger partial charge in [-0.1, -0.05) is 13.8 Å². The van der Waals surface area contributed by atoms with Crippen molar-refractivity contribution >= 4 is 0 Å². The number of nitrogens with one attached hydrogen (secondary N) is 1. The second-order valence-electron chi connectivity index (χ2n) is 6.78. The molecule has 0 aliphatic carbocycles. The van der Waals surface area contributed by atoms with Crippen molar-refractivity contribution in [1.29, 1.82) is 0 Å². The van der Waals surface area contributed by atoms with Gasteiger partial charge in [-0.25, -0.2) is 0 Å². The minimum Gasteiger partial charge on any atom is -0.463 e. The Balaban J connectivity index is 1.86. The molecule has 1 aliphatic rings. The van der Waals surface area contributed by atoms with Crippen LogP contribution in [0.15, 0.2) is 10.5 Å². The van der Waals surface area contributed by atoms with Gasteiger partial charge in [-0.15, -0.1) is 0 Å². The van der Waals surface area contributed by atoms with Crippen LogP contribution < -0.4 is 5.32 Å². The molecule has 0 bridgehead atoms. The summed E-state index contributed by atoms with van der Waals surface area (Å²) in [5, 5.41) is 3.46. The van der Waals surface area contributed by atoms with Crippen LogP contribution in [-0.2, 0) is 13.1 Å². The van der Waals surface area contributed by atoms with E-state index in [9.17, 15) is 0 Å². The van der Waals surface area contributed by atoms with Gasteiger partial charge in [0.05, 0.1) is 13.1 Å². The van der Waals surface area contributed by atoms with Gasteiger partial charge < -0.3 is 14.6 Å². The van der Waals surface area contributed by atoms with Gasteiger partial charge in [-0.05, 0) is 57.6 Å². The number of furan rings is 1. The van der Waals surface area contributed by atoms with Crippen LogP contribution in [0, 0.1) is 12.8 Å². The first-order chi connectivity index (χ1) is 10.0. The van der Waals surface area contributed by atoms with Gasteiger partial charge in [0.15, 0.2) is 0 Å². The number of rotatable bonds is 6. The van der Waals surface area contributed by atoms with E-state index in [2.05, 4.69) is 49.0 Å². The molecule has 0 unspecified atom stereocenters. The molecule has 1 fully saturated rings. The van der Waals surface area contributed by atoms with Crippen LogP contribution >= 0.6 is 0 Å². The van der Waals surface area contributed by atoms with E-state index in [0.29, 0.717) is 5.92 Å². The normalized spacial score (nSPS) is 18.3. The highest BCUT2D eigenvalue weighted by Crippen LogP contribution is 2.17. The fraction of sp³-hybridized carbons (Fsp3) is 0.765. The molecule has 0 spiro atoms. The van der Waals surface area contributed by atoms with Gasteiger partial charge in [0.1, 0.15) is 11.5 Å². The average molecular weight is 293 g/mol. The van der Waals surface area contributed by atoms with Gasteiger partial charge in [0.25, 0.3) is 0 Å². The van der Waals surface area contributed by atoms with Crippen LogP contribution in [0.4, 0.5) is 0 Å². The summed E-state index contributed by atoms with van der Waals surface area (Å²) in [6.45, 7) is 14.1. The fourth-order valence-electron chi connectivity index (χ4n) is 2.80. The van der Waals surface area contributed by atoms with E-state index < -0.39 is 0 Å². The molecule has 120 valence electrons. The molecule has 4 nitrogen and oxygen atoms in total. The number of likely N-dealkylation sites (N-methyl/N-ethyl adjacent to an activating group) is 1. The summed E-state index contributed by atoms with van der Waals surface area (Å²) >= 11 is 0. The fourth-order valence-corrected chi connectivity index (χ4v) is 2.80. The Hall–Kier alpha value is -0.840. The average Bonchev–Trinajstić information content (AvgIpc) is 2.62. The molecule has 1 saturated heterocycles. The summed E-state index contributed by atoms with van der Waals surface area (Å²) in [6.07, 6.45) is 1.25. The predicted molar refractivity (Wildman–Crippen MR) is 87.4 cm³/mol. The Labute approximate surface area is 129 Å². The number of hydrogen-bond donors (Lipinski definition) is 1. The van der Waals surface area contributed by atoms with Gasteiger partial charge in [-0.3, -0.25) is 4.90 Å². The minimum atomic E-state index is 0.675. The van der Waals surface area contributed by atoms with E-state index in [-0.39, 0.29) is 0 Å². The Morgan fingerprint density at radius 1 is 1.24 bits per heavy atom. The molecule has 1 aromatic rings. The first-order valence-corrected chi connectivity index (χ1v) is 8.24. The Morgan fingerprint density at radius 2 is 2.05 bits per heavy atom. The van der Waals surface area contributed by atoms with E-state index in [1.807, 2.05) is 0 Å². The van der Waals surface area contributed by atoms with Gasteiger partial charge in [-0.2, -0.15) is 0 Å². The largest absolute Gasteiger partial charge is 0.463 e. The van der Waals surface area contributed by atoms with E-state index in [0.717, 1.165) is 44.2 Å². The SMILES string of the molecule is Cc1cc(CN2CCCN(C)CC2)oc1CNCC(C)C. The molecule has 0 radical (unpaired) electrons. The lowest BCUT2D eigenvalue weighted by molar-refractivity contribution is 0.245. The highest BCUT2D eigenvalue weighted by Gasteiger charge is 2.15. The molecule has 0 aromatic carbocycles. The van der Waals surface area contributed by atoms with Gasteiger partial charge in [0, 0.05) is 13.1 Å². The summed E-state index contributed by atoms with van der Waals surface area (Å²) in [5.41, 5.74) is 1.27. The lowest BCUT2D eigenvalue weighted by Crippen LogP contribution is -2.28. The molecule has 1 N–H and O–H groups in total. The molecular formula is C17H31N3O. The zero-order valence-electron chi connectivity index (χ0n) is 14.1. The smallest absolute Gasteiger partial charge is 0.120 e. The third kappa shape index (κ3) is 5.46. The maximum Gasteiger partial charge on any atom is 0.120 e. The molecule has 0 atom stereocenters. The van der Waals surface area contributed by atoms with E-state index in [1.54, 1.807) is 0 Å². The zero-order chi connectivity index (χ0) is 15.2. The molecule has 0 amide bonds. The Morgan fingerprint density at radius 3 is 2.81 bits per heavy atom. The van der Waals surface area contributed by atoms with Crippen LogP contribution in [0.2, 0.25) is 0 Å². The van der Waals surface area contributed by atoms with Crippen molar-refractivity contribution in [1.82, 2.24) is 15.1 Å². The van der Waals surface area contributed by atoms with Gasteiger partial charge >= 0.3 is 0 Å². The van der Waals surface area contributed by atoms with Crippen molar-refractivity contribution in [2.24, 2.45) is 5.92 Å². The summed E-state index contributed by atoms with van der Waals surface area (Å²) in [5.74, 6) is 2.88. The van der Waals surface area contributed by atoms with Crippen molar-refractivity contribution in [2.75, 3.05) is 39.8 Å². The number of nitrogens with zero attached hydrogens (tertiary/aromatic N) is 2. The maximum atomic E-state index is 6.05. The topological polar surface area (TPSA) is 31.6 Å². The standard InChI is InChI=1S/C17H31N3O/c1-14(2)11-18-12-17-15(3)10-16(21-17)13-20-7-5-6-19(4)8-9-20/h10,14,18H,5-9,11-13H2,1-4H3. The summed E-state index contributed by atoms with van der Waals surface area (Å²) in [7, 11) is 2.21. The quantitative estimate of drug-likeness (QED) is 0.873. The van der Waals surface area contributed by atoms with E-state index >= 15 is 0 Å². The first-order valence-electron chi connectivity index (χ1n) is 8.24. The molecule has 0 saturated carbocycles. The molecule has 1 aromatic heterocycles. The molecular weight excluding hydrogens is 262 g/mol. The highest BCUT2D eigenvalue weighted by atomic mass is 16.3. The molecule has 21 heavy (non-hydrogen) atoms. The minimum absolute atomic E-state index is 0.675. The number of hydrogen-bond acceptors (Lipinski definition) is 4. The van der Waals surface area contributed by atoms with Crippen LogP contribution in [0.5, 0.6) is 0 Å². The lowest BCUT2D eigenvalue weighted by Gasteiger charge is -2.18. The third-order valence-corrected chi connectivity index (χ3v) is 4.10. The van der Waals surface area contributed by atoms with Crippen molar-refractivity contribution in [3.05, 3.63) is 23.2 Å². The monoisotopic (exact) mass is 293 g/mol. The second kappa shape index (κ2) is 7.97. The molecule has 4 heteroatoms. The summed E-state index contributed by atoms with van der Waals surface area (Å²) < 4.78 is 6.05. The Kier molecular flexibility index (Phi) is 6.27. The maximum absolute atomic E-state index is 6.05. The second-order valence-corrected chi connectivity index (χ2v) is 6.78.